The highest BCUT2D eigenvalue weighted by molar-refractivity contribution is 5.91. The molecule has 19 heavy (non-hydrogen) atoms. The minimum atomic E-state index is 0.0174. The van der Waals surface area contributed by atoms with Gasteiger partial charge in [-0.1, -0.05) is 18.2 Å². The zero-order valence-electron chi connectivity index (χ0n) is 11.2. The lowest BCUT2D eigenvalue weighted by Gasteiger charge is -2.35. The van der Waals surface area contributed by atoms with E-state index in [0.29, 0.717) is 12.1 Å². The number of para-hydroxylation sites is 1. The lowest BCUT2D eigenvalue weighted by atomic mass is 9.89. The lowest BCUT2D eigenvalue weighted by Crippen LogP contribution is -2.40. The molecule has 1 fully saturated rings. The minimum Gasteiger partial charge on any atom is -0.381 e. The Morgan fingerprint density at radius 2 is 2.05 bits per heavy atom. The van der Waals surface area contributed by atoms with Gasteiger partial charge in [-0.05, 0) is 18.9 Å². The molecule has 0 saturated heterocycles. The van der Waals surface area contributed by atoms with Crippen molar-refractivity contribution in [3.05, 3.63) is 40.7 Å². The van der Waals surface area contributed by atoms with Crippen LogP contribution >= 0.6 is 0 Å². The van der Waals surface area contributed by atoms with Crippen LogP contribution in [0.1, 0.15) is 12.8 Å². The fraction of sp³-hybridized carbons (Fsp3) is 0.400. The summed E-state index contributed by atoms with van der Waals surface area (Å²) in [4.78, 5) is 12.0. The van der Waals surface area contributed by atoms with E-state index < -0.39 is 0 Å². The topological polar surface area (TPSA) is 43.3 Å². The maximum atomic E-state index is 12.0. The molecule has 100 valence electrons. The van der Waals surface area contributed by atoms with Gasteiger partial charge in [0.05, 0.1) is 11.6 Å². The summed E-state index contributed by atoms with van der Waals surface area (Å²) >= 11 is 0. The predicted molar refractivity (Wildman–Crippen MR) is 76.6 cm³/mol. The molecule has 0 aliphatic heterocycles. The van der Waals surface area contributed by atoms with Crippen molar-refractivity contribution in [1.82, 2.24) is 4.57 Å². The average Bonchev–Trinajstić information content (AvgIpc) is 2.39. The second kappa shape index (κ2) is 4.70. The highest BCUT2D eigenvalue weighted by Gasteiger charge is 2.29. The van der Waals surface area contributed by atoms with E-state index in [-0.39, 0.29) is 5.56 Å². The summed E-state index contributed by atoms with van der Waals surface area (Å²) in [6.07, 6.45) is 2.36. The number of pyridine rings is 1. The molecule has 0 atom stereocenters. The van der Waals surface area contributed by atoms with Gasteiger partial charge in [-0.15, -0.1) is 0 Å². The predicted octanol–water partition coefficient (Wildman–Crippen LogP) is 2.13. The van der Waals surface area contributed by atoms with Crippen LogP contribution in [0.15, 0.2) is 35.1 Å². The molecule has 3 rings (SSSR count). The van der Waals surface area contributed by atoms with Crippen molar-refractivity contribution in [1.29, 1.82) is 0 Å². The maximum absolute atomic E-state index is 12.0. The Hall–Kier alpha value is -1.81. The highest BCUT2D eigenvalue weighted by Crippen LogP contribution is 2.29. The van der Waals surface area contributed by atoms with Gasteiger partial charge in [0.25, 0.3) is 5.56 Å². The van der Waals surface area contributed by atoms with Crippen molar-refractivity contribution in [2.45, 2.75) is 25.0 Å². The summed E-state index contributed by atoms with van der Waals surface area (Å²) in [5.74, 6) is 0. The number of hydrogen-bond donors (Lipinski definition) is 1. The third kappa shape index (κ3) is 2.12. The van der Waals surface area contributed by atoms with Crippen molar-refractivity contribution < 1.29 is 4.74 Å². The van der Waals surface area contributed by atoms with Gasteiger partial charge in [0, 0.05) is 37.3 Å². The van der Waals surface area contributed by atoms with Crippen molar-refractivity contribution in [2.75, 3.05) is 12.4 Å². The molecule has 1 aromatic carbocycles. The fourth-order valence-electron chi connectivity index (χ4n) is 2.63. The number of nitrogens with zero attached hydrogens (tertiary/aromatic N) is 1. The standard InChI is InChI=1S/C15H18N2O2/c1-17-14-6-4-3-5-12(14)13(9-15(17)18)16-10-7-11(8-10)19-2/h3-6,9-11,16H,7-8H2,1-2H3. The number of ether oxygens (including phenoxy) is 1. The first-order chi connectivity index (χ1) is 9.19. The van der Waals surface area contributed by atoms with E-state index in [4.69, 9.17) is 4.74 Å². The monoisotopic (exact) mass is 258 g/mol. The van der Waals surface area contributed by atoms with Gasteiger partial charge >= 0.3 is 0 Å². The van der Waals surface area contributed by atoms with Gasteiger partial charge < -0.3 is 14.6 Å². The van der Waals surface area contributed by atoms with E-state index in [1.54, 1.807) is 24.8 Å². The summed E-state index contributed by atoms with van der Waals surface area (Å²) in [6, 6.07) is 10.1. The molecule has 0 bridgehead atoms. The second-order valence-electron chi connectivity index (χ2n) is 5.14. The van der Waals surface area contributed by atoms with Crippen molar-refractivity contribution in [3.63, 3.8) is 0 Å². The SMILES string of the molecule is COC1CC(Nc2cc(=O)n(C)c3ccccc23)C1. The molecular formula is C15H18N2O2. The largest absolute Gasteiger partial charge is 0.381 e. The first-order valence-electron chi connectivity index (χ1n) is 6.57. The number of fused-ring (bicyclic) bond motifs is 1. The summed E-state index contributed by atoms with van der Waals surface area (Å²) < 4.78 is 6.96. The number of hydrogen-bond acceptors (Lipinski definition) is 3. The zero-order chi connectivity index (χ0) is 13.4. The van der Waals surface area contributed by atoms with Gasteiger partial charge in [0.1, 0.15) is 0 Å². The molecule has 1 heterocycles. The van der Waals surface area contributed by atoms with Crippen LogP contribution in [-0.2, 0) is 11.8 Å². The molecule has 0 amide bonds. The van der Waals surface area contributed by atoms with Crippen LogP contribution < -0.4 is 10.9 Å². The number of anilines is 1. The first kappa shape index (κ1) is 12.2. The summed E-state index contributed by atoms with van der Waals surface area (Å²) in [5, 5.41) is 4.55. The maximum Gasteiger partial charge on any atom is 0.252 e. The number of methoxy groups -OCH3 is 1. The number of rotatable bonds is 3. The Bertz CT molecular complexity index is 657. The summed E-state index contributed by atoms with van der Waals surface area (Å²) in [7, 11) is 3.55. The fourth-order valence-corrected chi connectivity index (χ4v) is 2.63. The number of aryl methyl sites for hydroxylation is 1. The number of benzene rings is 1. The zero-order valence-corrected chi connectivity index (χ0v) is 11.2. The van der Waals surface area contributed by atoms with Crippen LogP contribution in [0.5, 0.6) is 0 Å². The van der Waals surface area contributed by atoms with Gasteiger partial charge in [-0.3, -0.25) is 4.79 Å². The molecule has 1 N–H and O–H groups in total. The van der Waals surface area contributed by atoms with Crippen LogP contribution in [0.4, 0.5) is 5.69 Å². The van der Waals surface area contributed by atoms with Gasteiger partial charge in [-0.2, -0.15) is 0 Å². The molecule has 1 aromatic heterocycles. The van der Waals surface area contributed by atoms with Crippen molar-refractivity contribution >= 4 is 16.6 Å². The molecule has 1 aliphatic carbocycles. The first-order valence-corrected chi connectivity index (χ1v) is 6.57. The van der Waals surface area contributed by atoms with E-state index in [2.05, 4.69) is 5.32 Å². The van der Waals surface area contributed by atoms with Gasteiger partial charge in [0.2, 0.25) is 0 Å². The number of nitrogens with one attached hydrogen (secondary N) is 1. The minimum absolute atomic E-state index is 0.0174. The van der Waals surface area contributed by atoms with Crippen LogP contribution in [0.2, 0.25) is 0 Å². The Morgan fingerprint density at radius 3 is 2.79 bits per heavy atom. The lowest BCUT2D eigenvalue weighted by molar-refractivity contribution is 0.0329. The molecule has 0 radical (unpaired) electrons. The third-order valence-electron chi connectivity index (χ3n) is 3.94. The normalized spacial score (nSPS) is 22.2. The van der Waals surface area contributed by atoms with Crippen LogP contribution in [-0.4, -0.2) is 23.8 Å². The summed E-state index contributed by atoms with van der Waals surface area (Å²) in [5.41, 5.74) is 1.90. The van der Waals surface area contributed by atoms with Crippen LogP contribution in [0.3, 0.4) is 0 Å². The van der Waals surface area contributed by atoms with E-state index in [0.717, 1.165) is 29.4 Å². The van der Waals surface area contributed by atoms with E-state index in [9.17, 15) is 4.79 Å². The Kier molecular flexibility index (Phi) is 3.03. The highest BCUT2D eigenvalue weighted by atomic mass is 16.5. The summed E-state index contributed by atoms with van der Waals surface area (Å²) in [6.45, 7) is 0. The molecule has 2 aromatic rings. The van der Waals surface area contributed by atoms with E-state index >= 15 is 0 Å². The molecule has 0 spiro atoms. The van der Waals surface area contributed by atoms with Crippen LogP contribution in [0.25, 0.3) is 10.9 Å². The smallest absolute Gasteiger partial charge is 0.252 e. The average molecular weight is 258 g/mol. The Morgan fingerprint density at radius 1 is 1.32 bits per heavy atom. The van der Waals surface area contributed by atoms with Crippen molar-refractivity contribution in [3.8, 4) is 0 Å². The number of aromatic nitrogens is 1. The second-order valence-corrected chi connectivity index (χ2v) is 5.14. The molecule has 1 aliphatic rings. The quantitative estimate of drug-likeness (QED) is 0.917. The van der Waals surface area contributed by atoms with Gasteiger partial charge in [-0.25, -0.2) is 0 Å². The molecule has 1 saturated carbocycles. The molecule has 4 nitrogen and oxygen atoms in total. The third-order valence-corrected chi connectivity index (χ3v) is 3.94. The Balaban J connectivity index is 1.95. The van der Waals surface area contributed by atoms with Gasteiger partial charge in [0.15, 0.2) is 0 Å². The van der Waals surface area contributed by atoms with Crippen molar-refractivity contribution in [2.24, 2.45) is 7.05 Å². The molecule has 0 unspecified atom stereocenters. The molecule has 4 heteroatoms. The van der Waals surface area contributed by atoms with E-state index in [1.807, 2.05) is 24.3 Å². The Labute approximate surface area is 112 Å². The molecular weight excluding hydrogens is 240 g/mol. The van der Waals surface area contributed by atoms with Crippen LogP contribution in [0, 0.1) is 0 Å². The van der Waals surface area contributed by atoms with E-state index in [1.165, 1.54) is 0 Å².